The first kappa shape index (κ1) is 12.9. The van der Waals surface area contributed by atoms with E-state index in [0.29, 0.717) is 0 Å². The molecule has 0 aromatic rings. The summed E-state index contributed by atoms with van der Waals surface area (Å²) in [6.45, 7) is 1.13. The van der Waals surface area contributed by atoms with Crippen LogP contribution in [0.5, 0.6) is 0 Å². The molecule has 0 unspecified atom stereocenters. The van der Waals surface area contributed by atoms with Gasteiger partial charge in [-0.25, -0.2) is 8.42 Å². The van der Waals surface area contributed by atoms with Crippen molar-refractivity contribution in [3.8, 4) is 0 Å². The molecule has 0 spiro atoms. The molecular weight excluding hydrogens is 210 g/mol. The van der Waals surface area contributed by atoms with Crippen LogP contribution in [0.4, 0.5) is 0 Å². The van der Waals surface area contributed by atoms with Crippen molar-refractivity contribution >= 4 is 22.0 Å². The van der Waals surface area contributed by atoms with Gasteiger partial charge in [0.15, 0.2) is 14.6 Å². The zero-order chi connectivity index (χ0) is 11.4. The van der Waals surface area contributed by atoms with Crippen molar-refractivity contribution in [2.75, 3.05) is 6.26 Å². The van der Waals surface area contributed by atoms with Gasteiger partial charge in [0.25, 0.3) is 0 Å². The monoisotopic (exact) mass is 223 g/mol. The summed E-state index contributed by atoms with van der Waals surface area (Å²) in [5.41, 5.74) is 0. The highest BCUT2D eigenvalue weighted by atomic mass is 32.2. The van der Waals surface area contributed by atoms with Gasteiger partial charge in [-0.1, -0.05) is 0 Å². The molecule has 0 bridgehead atoms. The molecule has 6 nitrogen and oxygen atoms in total. The number of hydrogen-bond acceptors (Lipinski definition) is 5. The standard InChI is InChI=1S/C7H13NO5S/c1-7(6(9)10,14(2,12)13)4-3-5-8-11/h5,11H,3-4H2,1-2H3,(H,9,10)/b8-5-/t7-/m1/s1. The van der Waals surface area contributed by atoms with Crippen molar-refractivity contribution in [1.29, 1.82) is 0 Å². The predicted octanol–water partition coefficient (Wildman–Crippen LogP) is 0.115. The normalized spacial score (nSPS) is 16.7. The van der Waals surface area contributed by atoms with Gasteiger partial charge < -0.3 is 10.3 Å². The Bertz CT molecular complexity index is 334. The minimum atomic E-state index is -3.69. The van der Waals surface area contributed by atoms with E-state index >= 15 is 0 Å². The number of carboxylic acid groups (broad SMARTS) is 1. The van der Waals surface area contributed by atoms with E-state index in [0.717, 1.165) is 19.4 Å². The molecule has 82 valence electrons. The maximum absolute atomic E-state index is 11.2. The van der Waals surface area contributed by atoms with E-state index < -0.39 is 20.6 Å². The molecule has 0 fully saturated rings. The Labute approximate surface area is 82.2 Å². The third-order valence-corrected chi connectivity index (χ3v) is 4.12. The largest absolute Gasteiger partial charge is 0.480 e. The Morgan fingerprint density at radius 2 is 2.07 bits per heavy atom. The zero-order valence-corrected chi connectivity index (χ0v) is 8.78. The quantitative estimate of drug-likeness (QED) is 0.391. The molecule has 2 N–H and O–H groups in total. The predicted molar refractivity (Wildman–Crippen MR) is 50.4 cm³/mol. The lowest BCUT2D eigenvalue weighted by atomic mass is 10.1. The molecule has 0 saturated carbocycles. The van der Waals surface area contributed by atoms with E-state index in [-0.39, 0.29) is 12.8 Å². The number of oxime groups is 1. The van der Waals surface area contributed by atoms with E-state index in [1.165, 1.54) is 0 Å². The Balaban J connectivity index is 4.85. The van der Waals surface area contributed by atoms with Crippen LogP contribution < -0.4 is 0 Å². The van der Waals surface area contributed by atoms with Gasteiger partial charge in [0, 0.05) is 12.5 Å². The number of aliphatic carboxylic acids is 1. The van der Waals surface area contributed by atoms with Gasteiger partial charge in [0.05, 0.1) is 0 Å². The van der Waals surface area contributed by atoms with Crippen LogP contribution in [-0.4, -0.2) is 41.9 Å². The van der Waals surface area contributed by atoms with Crippen LogP contribution in [0.25, 0.3) is 0 Å². The van der Waals surface area contributed by atoms with Crippen LogP contribution in [0.3, 0.4) is 0 Å². The number of sulfone groups is 1. The van der Waals surface area contributed by atoms with E-state index in [4.69, 9.17) is 10.3 Å². The number of carboxylic acids is 1. The summed E-state index contributed by atoms with van der Waals surface area (Å²) in [6, 6.07) is 0. The van der Waals surface area contributed by atoms with Crippen LogP contribution in [-0.2, 0) is 14.6 Å². The minimum Gasteiger partial charge on any atom is -0.480 e. The van der Waals surface area contributed by atoms with Gasteiger partial charge in [0.2, 0.25) is 0 Å². The fourth-order valence-electron chi connectivity index (χ4n) is 0.849. The summed E-state index contributed by atoms with van der Waals surface area (Å²) in [7, 11) is -3.69. The molecule has 0 saturated heterocycles. The molecule has 0 amide bonds. The fourth-order valence-corrected chi connectivity index (χ4v) is 1.65. The third-order valence-electron chi connectivity index (χ3n) is 2.10. The second-order valence-electron chi connectivity index (χ2n) is 3.14. The third kappa shape index (κ3) is 2.69. The first-order valence-electron chi connectivity index (χ1n) is 3.84. The van der Waals surface area contributed by atoms with E-state index in [9.17, 15) is 13.2 Å². The maximum Gasteiger partial charge on any atom is 0.324 e. The molecule has 0 aromatic heterocycles. The Morgan fingerprint density at radius 1 is 1.57 bits per heavy atom. The second-order valence-corrected chi connectivity index (χ2v) is 5.59. The summed E-state index contributed by atoms with van der Waals surface area (Å²) in [5.74, 6) is -1.40. The number of carbonyl (C=O) groups is 1. The molecular formula is C7H13NO5S. The van der Waals surface area contributed by atoms with Crippen molar-refractivity contribution < 1.29 is 23.5 Å². The van der Waals surface area contributed by atoms with Crippen LogP contribution >= 0.6 is 0 Å². The molecule has 0 rings (SSSR count). The van der Waals surface area contributed by atoms with E-state index in [2.05, 4.69) is 5.16 Å². The molecule has 0 aromatic carbocycles. The molecule has 1 atom stereocenters. The minimum absolute atomic E-state index is 0.0897. The summed E-state index contributed by atoms with van der Waals surface area (Å²) in [4.78, 5) is 10.8. The summed E-state index contributed by atoms with van der Waals surface area (Å²) in [6.07, 6.45) is 1.90. The molecule has 14 heavy (non-hydrogen) atoms. The van der Waals surface area contributed by atoms with Gasteiger partial charge in [-0.3, -0.25) is 4.79 Å². The molecule has 0 aliphatic rings. The maximum atomic E-state index is 11.2. The van der Waals surface area contributed by atoms with Crippen LogP contribution in [0.15, 0.2) is 5.16 Å². The lowest BCUT2D eigenvalue weighted by Crippen LogP contribution is -2.43. The lowest BCUT2D eigenvalue weighted by Gasteiger charge is -2.21. The highest BCUT2D eigenvalue weighted by molar-refractivity contribution is 7.92. The average Bonchev–Trinajstić information content (AvgIpc) is 2.02. The second kappa shape index (κ2) is 4.41. The highest BCUT2D eigenvalue weighted by Gasteiger charge is 2.42. The topological polar surface area (TPSA) is 104 Å². The highest BCUT2D eigenvalue weighted by Crippen LogP contribution is 2.22. The van der Waals surface area contributed by atoms with Crippen molar-refractivity contribution in [3.63, 3.8) is 0 Å². The van der Waals surface area contributed by atoms with Crippen molar-refractivity contribution in [3.05, 3.63) is 0 Å². The first-order valence-corrected chi connectivity index (χ1v) is 5.73. The SMILES string of the molecule is C[C@@](CC/C=N\O)(C(=O)O)S(C)(=O)=O. The smallest absolute Gasteiger partial charge is 0.324 e. The summed E-state index contributed by atoms with van der Waals surface area (Å²) in [5, 5.41) is 19.5. The summed E-state index contributed by atoms with van der Waals surface area (Å²) < 4.78 is 20.6. The number of nitrogens with zero attached hydrogens (tertiary/aromatic N) is 1. The number of hydrogen-bond donors (Lipinski definition) is 2. The van der Waals surface area contributed by atoms with Gasteiger partial charge in [-0.2, -0.15) is 0 Å². The molecule has 7 heteroatoms. The van der Waals surface area contributed by atoms with Crippen molar-refractivity contribution in [1.82, 2.24) is 0 Å². The fraction of sp³-hybridized carbons (Fsp3) is 0.714. The molecule has 0 aliphatic heterocycles. The molecule has 0 radical (unpaired) electrons. The first-order chi connectivity index (χ1) is 6.25. The van der Waals surface area contributed by atoms with Crippen LogP contribution in [0.2, 0.25) is 0 Å². The van der Waals surface area contributed by atoms with Gasteiger partial charge in [0.1, 0.15) is 0 Å². The van der Waals surface area contributed by atoms with Crippen molar-refractivity contribution in [2.45, 2.75) is 24.5 Å². The lowest BCUT2D eigenvalue weighted by molar-refractivity contribution is -0.139. The van der Waals surface area contributed by atoms with Crippen LogP contribution in [0.1, 0.15) is 19.8 Å². The Kier molecular flexibility index (Phi) is 4.06. The number of rotatable bonds is 5. The Hall–Kier alpha value is -1.11. The molecule has 0 aliphatic carbocycles. The van der Waals surface area contributed by atoms with Crippen LogP contribution in [0, 0.1) is 0 Å². The zero-order valence-electron chi connectivity index (χ0n) is 7.97. The van der Waals surface area contributed by atoms with E-state index in [1.54, 1.807) is 0 Å². The molecule has 0 heterocycles. The summed E-state index contributed by atoms with van der Waals surface area (Å²) >= 11 is 0. The van der Waals surface area contributed by atoms with Gasteiger partial charge >= 0.3 is 5.97 Å². The van der Waals surface area contributed by atoms with Gasteiger partial charge in [-0.15, -0.1) is 5.16 Å². The van der Waals surface area contributed by atoms with Gasteiger partial charge in [-0.05, 0) is 19.8 Å². The van der Waals surface area contributed by atoms with Crippen molar-refractivity contribution in [2.24, 2.45) is 5.16 Å². The van der Waals surface area contributed by atoms with E-state index in [1.807, 2.05) is 0 Å². The Morgan fingerprint density at radius 3 is 2.36 bits per heavy atom. The average molecular weight is 223 g/mol.